The van der Waals surface area contributed by atoms with Crippen molar-refractivity contribution in [1.29, 1.82) is 0 Å². The lowest BCUT2D eigenvalue weighted by Crippen LogP contribution is -2.26. The zero-order chi connectivity index (χ0) is 22.7. The summed E-state index contributed by atoms with van der Waals surface area (Å²) in [5, 5.41) is 9.36. The molecule has 0 bridgehead atoms. The van der Waals surface area contributed by atoms with Crippen LogP contribution in [0.1, 0.15) is 21.5 Å². The predicted molar refractivity (Wildman–Crippen MR) is 126 cm³/mol. The van der Waals surface area contributed by atoms with Crippen LogP contribution in [-0.4, -0.2) is 48.5 Å². The van der Waals surface area contributed by atoms with E-state index in [1.807, 2.05) is 6.07 Å². The Morgan fingerprint density at radius 1 is 1.16 bits per heavy atom. The average molecular weight is 453 g/mol. The second kappa shape index (κ2) is 9.42. The van der Waals surface area contributed by atoms with Crippen LogP contribution >= 0.6 is 11.6 Å². The number of carbonyl (C=O) groups excluding carboxylic acids is 1. The summed E-state index contributed by atoms with van der Waals surface area (Å²) in [5.41, 5.74) is 4.39. The monoisotopic (exact) mass is 452 g/mol. The van der Waals surface area contributed by atoms with Crippen molar-refractivity contribution in [3.63, 3.8) is 0 Å². The van der Waals surface area contributed by atoms with Crippen LogP contribution in [0.15, 0.2) is 42.6 Å². The van der Waals surface area contributed by atoms with E-state index in [2.05, 4.69) is 50.0 Å². The number of halogens is 1. The first kappa shape index (κ1) is 21.9. The molecule has 9 heteroatoms. The van der Waals surface area contributed by atoms with E-state index in [9.17, 15) is 4.79 Å². The highest BCUT2D eigenvalue weighted by Gasteiger charge is 2.18. The quantitative estimate of drug-likeness (QED) is 0.521. The summed E-state index contributed by atoms with van der Waals surface area (Å²) in [6.45, 7) is 1.90. The van der Waals surface area contributed by atoms with E-state index in [1.165, 1.54) is 17.3 Å². The van der Waals surface area contributed by atoms with Crippen molar-refractivity contribution in [2.75, 3.05) is 38.4 Å². The van der Waals surface area contributed by atoms with Crippen LogP contribution in [0.2, 0.25) is 5.02 Å². The molecule has 0 atom stereocenters. The summed E-state index contributed by atoms with van der Waals surface area (Å²) in [7, 11) is 5.34. The van der Waals surface area contributed by atoms with Gasteiger partial charge in [0, 0.05) is 20.1 Å². The van der Waals surface area contributed by atoms with Crippen LogP contribution in [0.4, 0.5) is 23.1 Å². The fourth-order valence-electron chi connectivity index (χ4n) is 3.68. The highest BCUT2D eigenvalue weighted by molar-refractivity contribution is 6.33. The number of anilines is 4. The highest BCUT2D eigenvalue weighted by atomic mass is 35.5. The molecule has 0 unspecified atom stereocenters. The summed E-state index contributed by atoms with van der Waals surface area (Å²) in [5.74, 6) is 1.26. The summed E-state index contributed by atoms with van der Waals surface area (Å²) < 4.78 is 5.60. The van der Waals surface area contributed by atoms with Crippen molar-refractivity contribution in [3.8, 4) is 5.75 Å². The third-order valence-electron chi connectivity index (χ3n) is 5.37. The van der Waals surface area contributed by atoms with Crippen LogP contribution in [0.5, 0.6) is 5.75 Å². The number of aromatic nitrogens is 2. The molecule has 3 N–H and O–H groups in total. The molecule has 0 radical (unpaired) electrons. The van der Waals surface area contributed by atoms with Crippen molar-refractivity contribution in [2.24, 2.45) is 0 Å². The lowest BCUT2D eigenvalue weighted by atomic mass is 9.99. The van der Waals surface area contributed by atoms with Gasteiger partial charge in [-0.1, -0.05) is 23.7 Å². The molecule has 1 aromatic heterocycles. The number of para-hydroxylation sites is 1. The molecule has 0 saturated heterocycles. The van der Waals surface area contributed by atoms with E-state index in [0.29, 0.717) is 28.0 Å². The first-order chi connectivity index (χ1) is 15.5. The van der Waals surface area contributed by atoms with Crippen molar-refractivity contribution in [1.82, 2.24) is 20.2 Å². The first-order valence-corrected chi connectivity index (χ1v) is 10.6. The van der Waals surface area contributed by atoms with Gasteiger partial charge in [-0.25, -0.2) is 4.98 Å². The number of nitrogens with zero attached hydrogens (tertiary/aromatic N) is 3. The number of rotatable bonds is 6. The van der Waals surface area contributed by atoms with Crippen LogP contribution in [0.25, 0.3) is 0 Å². The molecule has 2 heterocycles. The fraction of sp³-hybridized carbons (Fsp3) is 0.261. The second-order valence-corrected chi connectivity index (χ2v) is 7.98. The maximum atomic E-state index is 12.2. The van der Waals surface area contributed by atoms with Gasteiger partial charge in [-0.2, -0.15) is 4.98 Å². The molecule has 4 rings (SSSR count). The summed E-state index contributed by atoms with van der Waals surface area (Å²) in [4.78, 5) is 23.3. The highest BCUT2D eigenvalue weighted by Crippen LogP contribution is 2.34. The van der Waals surface area contributed by atoms with E-state index in [-0.39, 0.29) is 5.91 Å². The number of hydrogen-bond acceptors (Lipinski definition) is 7. The minimum Gasteiger partial charge on any atom is -0.495 e. The minimum absolute atomic E-state index is 0.208. The van der Waals surface area contributed by atoms with Gasteiger partial charge in [-0.05, 0) is 48.9 Å². The maximum absolute atomic E-state index is 12.2. The molecule has 3 aromatic rings. The molecule has 0 saturated carbocycles. The molecule has 2 aromatic carbocycles. The van der Waals surface area contributed by atoms with Gasteiger partial charge in [0.25, 0.3) is 5.91 Å². The molecule has 1 amide bonds. The Hall–Kier alpha value is -3.36. The Bertz CT molecular complexity index is 1150. The summed E-state index contributed by atoms with van der Waals surface area (Å²) >= 11 is 6.34. The first-order valence-electron chi connectivity index (χ1n) is 10.2. The van der Waals surface area contributed by atoms with Crippen LogP contribution in [-0.2, 0) is 13.0 Å². The number of benzene rings is 2. The van der Waals surface area contributed by atoms with Gasteiger partial charge in [-0.15, -0.1) is 0 Å². The van der Waals surface area contributed by atoms with Gasteiger partial charge >= 0.3 is 0 Å². The molecule has 0 aliphatic carbocycles. The molecule has 8 nitrogen and oxygen atoms in total. The third kappa shape index (κ3) is 4.61. The zero-order valence-corrected chi connectivity index (χ0v) is 19.0. The minimum atomic E-state index is -0.208. The summed E-state index contributed by atoms with van der Waals surface area (Å²) in [6, 6.07) is 11.3. The van der Waals surface area contributed by atoms with Crippen molar-refractivity contribution in [3.05, 3.63) is 64.3 Å². The molecule has 1 aliphatic rings. The number of methoxy groups -OCH3 is 1. The number of nitrogens with one attached hydrogen (secondary N) is 3. The molecule has 0 spiro atoms. The van der Waals surface area contributed by atoms with E-state index in [4.69, 9.17) is 16.3 Å². The summed E-state index contributed by atoms with van der Waals surface area (Å²) in [6.07, 6.45) is 2.50. The number of carbonyl (C=O) groups is 1. The molecular weight excluding hydrogens is 428 g/mol. The lowest BCUT2D eigenvalue weighted by Gasteiger charge is -2.26. The van der Waals surface area contributed by atoms with Gasteiger partial charge in [-0.3, -0.25) is 4.79 Å². The number of hydrogen-bond donors (Lipinski definition) is 3. The number of fused-ring (bicyclic) bond motifs is 1. The van der Waals surface area contributed by atoms with Crippen molar-refractivity contribution in [2.45, 2.75) is 13.0 Å². The van der Waals surface area contributed by atoms with E-state index >= 15 is 0 Å². The average Bonchev–Trinajstić information content (AvgIpc) is 2.80. The molecule has 0 fully saturated rings. The van der Waals surface area contributed by atoms with Crippen LogP contribution < -0.4 is 20.7 Å². The molecule has 1 aliphatic heterocycles. The van der Waals surface area contributed by atoms with Crippen LogP contribution in [0, 0.1) is 0 Å². The predicted octanol–water partition coefficient (Wildman–Crippen LogP) is 3.97. The standard InChI is InChI=1S/C23H25ClN6O2/c1-25-22(31)16-6-4-5-7-18(16)27-21-17(24)12-26-23(29-21)28-19-10-15-13-30(2)9-8-14(15)11-20(19)32-3/h4-7,10-12H,8-9,13H2,1-3H3,(H,25,31)(H2,26,27,28,29). The molecule has 32 heavy (non-hydrogen) atoms. The van der Waals surface area contributed by atoms with E-state index < -0.39 is 0 Å². The maximum Gasteiger partial charge on any atom is 0.253 e. The van der Waals surface area contributed by atoms with Crippen LogP contribution in [0.3, 0.4) is 0 Å². The molecule has 166 valence electrons. The van der Waals surface area contributed by atoms with Crippen molar-refractivity contribution < 1.29 is 9.53 Å². The van der Waals surface area contributed by atoms with Gasteiger partial charge in [0.1, 0.15) is 10.8 Å². The Labute approximate surface area is 192 Å². The van der Waals surface area contributed by atoms with E-state index in [1.54, 1.807) is 32.4 Å². The molecular formula is C23H25ClN6O2. The van der Waals surface area contributed by atoms with Gasteiger partial charge in [0.2, 0.25) is 5.95 Å². The SMILES string of the molecule is CNC(=O)c1ccccc1Nc1nc(Nc2cc3c(cc2OC)CCN(C)C3)ncc1Cl. The Balaban J connectivity index is 1.63. The van der Waals surface area contributed by atoms with Gasteiger partial charge in [0.15, 0.2) is 5.82 Å². The second-order valence-electron chi connectivity index (χ2n) is 7.57. The number of ether oxygens (including phenoxy) is 1. The Morgan fingerprint density at radius 2 is 1.97 bits per heavy atom. The number of likely N-dealkylation sites (N-methyl/N-ethyl adjacent to an activating group) is 1. The lowest BCUT2D eigenvalue weighted by molar-refractivity contribution is 0.0964. The topological polar surface area (TPSA) is 91.4 Å². The largest absolute Gasteiger partial charge is 0.495 e. The fourth-order valence-corrected chi connectivity index (χ4v) is 3.82. The van der Waals surface area contributed by atoms with E-state index in [0.717, 1.165) is 30.9 Å². The number of amides is 1. The van der Waals surface area contributed by atoms with Gasteiger partial charge < -0.3 is 25.6 Å². The zero-order valence-electron chi connectivity index (χ0n) is 18.2. The Kier molecular flexibility index (Phi) is 6.43. The normalized spacial score (nSPS) is 13.2. The van der Waals surface area contributed by atoms with Gasteiger partial charge in [0.05, 0.1) is 30.2 Å². The third-order valence-corrected chi connectivity index (χ3v) is 5.64. The Morgan fingerprint density at radius 3 is 2.75 bits per heavy atom. The smallest absolute Gasteiger partial charge is 0.253 e. The van der Waals surface area contributed by atoms with Crippen molar-refractivity contribution >= 4 is 40.6 Å².